The van der Waals surface area contributed by atoms with Gasteiger partial charge in [-0.3, -0.25) is 4.79 Å². The summed E-state index contributed by atoms with van der Waals surface area (Å²) in [5.74, 6) is -0.00108. The first-order chi connectivity index (χ1) is 8.90. The number of aliphatic hydroxyl groups is 1. The van der Waals surface area contributed by atoms with E-state index in [1.54, 1.807) is 0 Å². The first kappa shape index (κ1) is 13.6. The molecule has 0 unspecified atom stereocenters. The molecule has 3 heteroatoms. The van der Waals surface area contributed by atoms with Crippen LogP contribution in [0.25, 0.3) is 10.8 Å². The van der Waals surface area contributed by atoms with Crippen LogP contribution in [0.15, 0.2) is 36.4 Å². The molecule has 0 aliphatic carbocycles. The van der Waals surface area contributed by atoms with E-state index in [1.807, 2.05) is 57.2 Å². The van der Waals surface area contributed by atoms with Gasteiger partial charge in [0.15, 0.2) is 0 Å². The van der Waals surface area contributed by atoms with Crippen molar-refractivity contribution in [2.75, 3.05) is 5.32 Å². The molecule has 3 nitrogen and oxygen atoms in total. The maximum Gasteiger partial charge on any atom is 0.229 e. The lowest BCUT2D eigenvalue weighted by Crippen LogP contribution is -2.27. The quantitative estimate of drug-likeness (QED) is 0.867. The summed E-state index contributed by atoms with van der Waals surface area (Å²) in [6.45, 7) is 5.70. The van der Waals surface area contributed by atoms with E-state index >= 15 is 0 Å². The van der Waals surface area contributed by atoms with Gasteiger partial charge < -0.3 is 10.4 Å². The highest BCUT2D eigenvalue weighted by Gasteiger charge is 2.21. The van der Waals surface area contributed by atoms with E-state index in [0.29, 0.717) is 0 Å². The Morgan fingerprint density at radius 1 is 1.11 bits per heavy atom. The third kappa shape index (κ3) is 3.12. The molecule has 0 saturated carbocycles. The highest BCUT2D eigenvalue weighted by molar-refractivity contribution is 5.97. The average molecular weight is 257 g/mol. The first-order valence-corrected chi connectivity index (χ1v) is 6.35. The van der Waals surface area contributed by atoms with Gasteiger partial charge in [-0.25, -0.2) is 0 Å². The summed E-state index contributed by atoms with van der Waals surface area (Å²) in [6, 6.07) is 11.6. The van der Waals surface area contributed by atoms with Crippen LogP contribution in [0.2, 0.25) is 0 Å². The van der Waals surface area contributed by atoms with Crippen LogP contribution in [-0.4, -0.2) is 11.0 Å². The Hall–Kier alpha value is -1.87. The smallest absolute Gasteiger partial charge is 0.229 e. The lowest BCUT2D eigenvalue weighted by molar-refractivity contribution is -0.123. The summed E-state index contributed by atoms with van der Waals surface area (Å²) in [5.41, 5.74) is 1.28. The molecule has 1 amide bonds. The molecule has 0 aliphatic rings. The number of hydrogen-bond donors (Lipinski definition) is 2. The van der Waals surface area contributed by atoms with Gasteiger partial charge in [0, 0.05) is 11.1 Å². The highest BCUT2D eigenvalue weighted by Crippen LogP contribution is 2.23. The molecule has 0 atom stereocenters. The van der Waals surface area contributed by atoms with Crippen LogP contribution in [0.4, 0.5) is 5.69 Å². The summed E-state index contributed by atoms with van der Waals surface area (Å²) < 4.78 is 0. The summed E-state index contributed by atoms with van der Waals surface area (Å²) in [4.78, 5) is 11.9. The maximum absolute atomic E-state index is 11.9. The number of rotatable bonds is 2. The van der Waals surface area contributed by atoms with Gasteiger partial charge in [0.05, 0.1) is 6.61 Å². The molecule has 0 spiro atoms. The Morgan fingerprint density at radius 3 is 2.37 bits per heavy atom. The van der Waals surface area contributed by atoms with Gasteiger partial charge in [0.25, 0.3) is 0 Å². The van der Waals surface area contributed by atoms with Crippen molar-refractivity contribution in [1.29, 1.82) is 0 Å². The van der Waals surface area contributed by atoms with E-state index in [4.69, 9.17) is 5.11 Å². The molecule has 2 aromatic rings. The number of fused-ring (bicyclic) bond motifs is 1. The third-order valence-electron chi connectivity index (χ3n) is 3.03. The van der Waals surface area contributed by atoms with Gasteiger partial charge in [0.1, 0.15) is 0 Å². The Bertz CT molecular complexity index is 612. The molecule has 0 radical (unpaired) electrons. The molecule has 0 fully saturated rings. The second kappa shape index (κ2) is 5.02. The number of carbonyl (C=O) groups excluding carboxylic acids is 1. The lowest BCUT2D eigenvalue weighted by Gasteiger charge is -2.17. The van der Waals surface area contributed by atoms with Crippen LogP contribution in [0, 0.1) is 5.41 Å². The van der Waals surface area contributed by atoms with Gasteiger partial charge in [-0.15, -0.1) is 0 Å². The van der Waals surface area contributed by atoms with E-state index < -0.39 is 5.41 Å². The zero-order chi connectivity index (χ0) is 14.0. The molecule has 100 valence electrons. The van der Waals surface area contributed by atoms with Gasteiger partial charge >= 0.3 is 0 Å². The SMILES string of the molecule is CC(C)(C)C(=O)Nc1ccc2cc(CO)ccc2c1. The largest absolute Gasteiger partial charge is 0.392 e. The van der Waals surface area contributed by atoms with E-state index in [-0.39, 0.29) is 12.5 Å². The molecule has 2 aromatic carbocycles. The Labute approximate surface area is 113 Å². The predicted molar refractivity (Wildman–Crippen MR) is 78.0 cm³/mol. The zero-order valence-electron chi connectivity index (χ0n) is 11.5. The standard InChI is InChI=1S/C16H19NO2/c1-16(2,3)15(19)17-14-7-6-12-8-11(10-18)4-5-13(12)9-14/h4-9,18H,10H2,1-3H3,(H,17,19). The molecule has 0 bridgehead atoms. The van der Waals surface area contributed by atoms with Gasteiger partial charge in [-0.1, -0.05) is 39.0 Å². The molecule has 0 heterocycles. The average Bonchev–Trinajstić information content (AvgIpc) is 2.37. The predicted octanol–water partition coefficient (Wildman–Crippen LogP) is 3.32. The molecule has 2 N–H and O–H groups in total. The fourth-order valence-electron chi connectivity index (χ4n) is 1.79. The van der Waals surface area contributed by atoms with Crippen molar-refractivity contribution >= 4 is 22.4 Å². The number of carbonyl (C=O) groups is 1. The van der Waals surface area contributed by atoms with Crippen LogP contribution in [0.5, 0.6) is 0 Å². The van der Waals surface area contributed by atoms with Crippen molar-refractivity contribution in [2.45, 2.75) is 27.4 Å². The highest BCUT2D eigenvalue weighted by atomic mass is 16.3. The number of amides is 1. The molecular formula is C16H19NO2. The Kier molecular flexibility index (Phi) is 3.58. The van der Waals surface area contributed by atoms with E-state index in [9.17, 15) is 4.79 Å². The third-order valence-corrected chi connectivity index (χ3v) is 3.03. The van der Waals surface area contributed by atoms with E-state index in [0.717, 1.165) is 22.0 Å². The number of nitrogens with one attached hydrogen (secondary N) is 1. The molecular weight excluding hydrogens is 238 g/mol. The van der Waals surface area contributed by atoms with Crippen molar-refractivity contribution in [1.82, 2.24) is 0 Å². The monoisotopic (exact) mass is 257 g/mol. The van der Waals surface area contributed by atoms with E-state index in [1.165, 1.54) is 0 Å². The van der Waals surface area contributed by atoms with Crippen molar-refractivity contribution in [2.24, 2.45) is 5.41 Å². The van der Waals surface area contributed by atoms with Crippen LogP contribution in [0.3, 0.4) is 0 Å². The van der Waals surface area contributed by atoms with Crippen molar-refractivity contribution < 1.29 is 9.90 Å². The Morgan fingerprint density at radius 2 is 1.74 bits per heavy atom. The normalized spacial score (nSPS) is 11.6. The fourth-order valence-corrected chi connectivity index (χ4v) is 1.79. The molecule has 19 heavy (non-hydrogen) atoms. The van der Waals surface area contributed by atoms with Crippen LogP contribution < -0.4 is 5.32 Å². The van der Waals surface area contributed by atoms with E-state index in [2.05, 4.69) is 5.32 Å². The first-order valence-electron chi connectivity index (χ1n) is 6.35. The van der Waals surface area contributed by atoms with Crippen LogP contribution in [-0.2, 0) is 11.4 Å². The van der Waals surface area contributed by atoms with Gasteiger partial charge in [-0.05, 0) is 34.5 Å². The van der Waals surface area contributed by atoms with Gasteiger partial charge in [-0.2, -0.15) is 0 Å². The van der Waals surface area contributed by atoms with Crippen molar-refractivity contribution in [3.8, 4) is 0 Å². The zero-order valence-corrected chi connectivity index (χ0v) is 11.5. The van der Waals surface area contributed by atoms with Crippen LogP contribution >= 0.6 is 0 Å². The number of benzene rings is 2. The number of aliphatic hydroxyl groups excluding tert-OH is 1. The topological polar surface area (TPSA) is 49.3 Å². The maximum atomic E-state index is 11.9. The molecule has 0 aromatic heterocycles. The summed E-state index contributed by atoms with van der Waals surface area (Å²) in [6.07, 6.45) is 0. The minimum atomic E-state index is -0.407. The summed E-state index contributed by atoms with van der Waals surface area (Å²) in [7, 11) is 0. The minimum absolute atomic E-state index is 0.00108. The Balaban J connectivity index is 2.30. The molecule has 2 rings (SSSR count). The van der Waals surface area contributed by atoms with Crippen molar-refractivity contribution in [3.05, 3.63) is 42.0 Å². The molecule has 0 aliphatic heterocycles. The number of hydrogen-bond acceptors (Lipinski definition) is 2. The lowest BCUT2D eigenvalue weighted by atomic mass is 9.95. The summed E-state index contributed by atoms with van der Waals surface area (Å²) in [5, 5.41) is 14.1. The number of anilines is 1. The van der Waals surface area contributed by atoms with Crippen molar-refractivity contribution in [3.63, 3.8) is 0 Å². The van der Waals surface area contributed by atoms with Gasteiger partial charge in [0.2, 0.25) is 5.91 Å². The minimum Gasteiger partial charge on any atom is -0.392 e. The second-order valence-corrected chi connectivity index (χ2v) is 5.76. The summed E-state index contributed by atoms with van der Waals surface area (Å²) >= 11 is 0. The molecule has 0 saturated heterocycles. The van der Waals surface area contributed by atoms with Crippen LogP contribution in [0.1, 0.15) is 26.3 Å². The fraction of sp³-hybridized carbons (Fsp3) is 0.312. The second-order valence-electron chi connectivity index (χ2n) is 5.76.